The molecule has 0 amide bonds. The predicted molar refractivity (Wildman–Crippen MR) is 213 cm³/mol. The second kappa shape index (κ2) is 13.7. The fraction of sp³-hybridized carbons (Fsp3) is 0.0714. The summed E-state index contributed by atoms with van der Waals surface area (Å²) in [7, 11) is 4.92. The Morgan fingerprint density at radius 3 is 1.02 bits per heavy atom. The smallest absolute Gasteiger partial charge is 0.181 e. The van der Waals surface area contributed by atoms with Crippen molar-refractivity contribution in [1.82, 2.24) is 58.6 Å². The molecule has 15 nitrogen and oxygen atoms in total. The Bertz CT molecular complexity index is 2790. The molecular formula is C42H30N12O3. The number of rotatable bonds is 9. The van der Waals surface area contributed by atoms with E-state index in [1.807, 2.05) is 86.5 Å². The minimum Gasteiger partial charge on any atom is -0.497 e. The van der Waals surface area contributed by atoms with Crippen molar-refractivity contribution >= 4 is 33.5 Å². The average molecular weight is 751 g/mol. The second-order valence-electron chi connectivity index (χ2n) is 12.9. The Morgan fingerprint density at radius 2 is 0.719 bits per heavy atom. The molecule has 15 heteroatoms. The third-order valence-corrected chi connectivity index (χ3v) is 9.65. The van der Waals surface area contributed by atoms with E-state index >= 15 is 0 Å². The Kier molecular flexibility index (Phi) is 8.02. The highest BCUT2D eigenvalue weighted by Crippen LogP contribution is 2.38. The minimum atomic E-state index is 0.521. The van der Waals surface area contributed by atoms with Gasteiger partial charge in [-0.25, -0.2) is 44.9 Å². The highest BCUT2D eigenvalue weighted by molar-refractivity contribution is 5.88. The van der Waals surface area contributed by atoms with E-state index in [0.717, 1.165) is 33.8 Å². The quantitative estimate of drug-likeness (QED) is 0.148. The summed E-state index contributed by atoms with van der Waals surface area (Å²) in [5.74, 6) is 3.88. The molecule has 0 saturated heterocycles. The molecule has 0 aliphatic carbocycles. The number of fused-ring (bicyclic) bond motifs is 3. The summed E-state index contributed by atoms with van der Waals surface area (Å²) in [6, 6.07) is 29.5. The molecular weight excluding hydrogens is 721 g/mol. The molecule has 276 valence electrons. The number of imidazole rings is 3. The molecule has 0 spiro atoms. The first kappa shape index (κ1) is 33.5. The number of benzene rings is 4. The van der Waals surface area contributed by atoms with Crippen LogP contribution in [0.2, 0.25) is 0 Å². The maximum Gasteiger partial charge on any atom is 0.181 e. The molecule has 0 fully saturated rings. The van der Waals surface area contributed by atoms with Gasteiger partial charge >= 0.3 is 0 Å². The third-order valence-electron chi connectivity index (χ3n) is 9.65. The highest BCUT2D eigenvalue weighted by Gasteiger charge is 2.24. The third kappa shape index (κ3) is 5.72. The Balaban J connectivity index is 1.31. The molecule has 4 aromatic carbocycles. The van der Waals surface area contributed by atoms with Crippen molar-refractivity contribution in [2.75, 3.05) is 21.3 Å². The Hall–Kier alpha value is -8.07. The molecule has 0 N–H and O–H groups in total. The van der Waals surface area contributed by atoms with Crippen LogP contribution < -0.4 is 14.2 Å². The maximum absolute atomic E-state index is 5.64. The van der Waals surface area contributed by atoms with Crippen LogP contribution >= 0.6 is 0 Å². The first-order valence-electron chi connectivity index (χ1n) is 17.7. The Labute approximate surface area is 323 Å². The van der Waals surface area contributed by atoms with Crippen LogP contribution in [-0.2, 0) is 0 Å². The molecule has 6 heterocycles. The van der Waals surface area contributed by atoms with Crippen LogP contribution in [0.4, 0.5) is 0 Å². The molecule has 0 aliphatic rings. The molecule has 57 heavy (non-hydrogen) atoms. The Morgan fingerprint density at radius 1 is 0.404 bits per heavy atom. The molecule has 0 atom stereocenters. The highest BCUT2D eigenvalue weighted by atomic mass is 16.5. The van der Waals surface area contributed by atoms with Crippen LogP contribution in [0, 0.1) is 0 Å². The molecule has 10 aromatic rings. The summed E-state index contributed by atoms with van der Waals surface area (Å²) in [6.45, 7) is 0. The van der Waals surface area contributed by atoms with Gasteiger partial charge in [0.1, 0.15) is 70.3 Å². The molecule has 0 bridgehead atoms. The molecule has 10 rings (SSSR count). The summed E-state index contributed by atoms with van der Waals surface area (Å²) in [5.41, 5.74) is 8.37. The van der Waals surface area contributed by atoms with E-state index in [0.29, 0.717) is 68.2 Å². The van der Waals surface area contributed by atoms with Gasteiger partial charge in [-0.15, -0.1) is 0 Å². The topological polar surface area (TPSA) is 158 Å². The number of hydrogen-bond donors (Lipinski definition) is 0. The summed E-state index contributed by atoms with van der Waals surface area (Å²) in [5, 5.41) is 0. The first-order chi connectivity index (χ1) is 28.1. The zero-order valence-corrected chi connectivity index (χ0v) is 30.7. The number of nitrogens with zero attached hydrogens (tertiary/aromatic N) is 12. The van der Waals surface area contributed by atoms with E-state index in [2.05, 4.69) is 48.1 Å². The minimum absolute atomic E-state index is 0.521. The van der Waals surface area contributed by atoms with Crippen molar-refractivity contribution in [3.63, 3.8) is 0 Å². The van der Waals surface area contributed by atoms with Crippen LogP contribution in [0.25, 0.3) is 84.7 Å². The lowest BCUT2D eigenvalue weighted by Crippen LogP contribution is -2.02. The first-order valence-corrected chi connectivity index (χ1v) is 17.7. The van der Waals surface area contributed by atoms with E-state index in [1.165, 1.54) is 19.0 Å². The van der Waals surface area contributed by atoms with Crippen molar-refractivity contribution in [2.24, 2.45) is 0 Å². The van der Waals surface area contributed by atoms with E-state index in [9.17, 15) is 0 Å². The van der Waals surface area contributed by atoms with E-state index in [4.69, 9.17) is 29.2 Å². The lowest BCUT2D eigenvalue weighted by molar-refractivity contribution is 0.414. The van der Waals surface area contributed by atoms with Gasteiger partial charge in [0.05, 0.1) is 57.0 Å². The van der Waals surface area contributed by atoms with Crippen molar-refractivity contribution in [1.29, 1.82) is 0 Å². The van der Waals surface area contributed by atoms with Gasteiger partial charge in [-0.1, -0.05) is 18.2 Å². The number of aromatic nitrogens is 12. The van der Waals surface area contributed by atoms with Crippen LogP contribution in [0.1, 0.15) is 0 Å². The standard InChI is InChI=1S/C42H30N12O3/c1-55-31-10-4-7-28(16-31)52-34-19-43-22-46-37(34)49-40(52)25-13-26(41-50-38-35(20-44-23-47-38)53(41)29-8-5-11-32(17-29)56-2)15-27(14-25)42-51-39-36(21-45-24-48-39)54(42)30-9-6-12-33(18-30)57-3/h4-24H,1-3H3. The predicted octanol–water partition coefficient (Wildman–Crippen LogP) is 7.10. The number of ether oxygens (including phenoxy) is 3. The second-order valence-corrected chi connectivity index (χ2v) is 12.9. The fourth-order valence-electron chi connectivity index (χ4n) is 7.10. The molecule has 0 unspecified atom stereocenters. The van der Waals surface area contributed by atoms with Crippen LogP contribution in [-0.4, -0.2) is 79.9 Å². The summed E-state index contributed by atoms with van der Waals surface area (Å²) >= 11 is 0. The SMILES string of the molecule is COc1cccc(-n2c(-c3cc(-c4nc5ncncc5n4-c4cccc(OC)c4)cc(-c4nc5ncncc5n4-c4cccc(OC)c4)c3)nc3ncncc32)c1. The largest absolute Gasteiger partial charge is 0.497 e. The molecule has 0 saturated carbocycles. The van der Waals surface area contributed by atoms with Gasteiger partial charge in [0, 0.05) is 34.9 Å². The van der Waals surface area contributed by atoms with Gasteiger partial charge in [0.15, 0.2) is 16.9 Å². The van der Waals surface area contributed by atoms with Crippen molar-refractivity contribution in [3.8, 4) is 68.5 Å². The monoisotopic (exact) mass is 750 g/mol. The zero-order valence-electron chi connectivity index (χ0n) is 30.7. The normalized spacial score (nSPS) is 11.4. The van der Waals surface area contributed by atoms with Crippen LogP contribution in [0.3, 0.4) is 0 Å². The number of methoxy groups -OCH3 is 3. The van der Waals surface area contributed by atoms with Gasteiger partial charge in [-0.05, 0) is 54.6 Å². The summed E-state index contributed by atoms with van der Waals surface area (Å²) < 4.78 is 23.0. The summed E-state index contributed by atoms with van der Waals surface area (Å²) in [6.07, 6.45) is 9.74. The lowest BCUT2D eigenvalue weighted by atomic mass is 10.0. The van der Waals surface area contributed by atoms with Crippen molar-refractivity contribution in [2.45, 2.75) is 0 Å². The fourth-order valence-corrected chi connectivity index (χ4v) is 7.10. The van der Waals surface area contributed by atoms with Gasteiger partial charge in [0.25, 0.3) is 0 Å². The van der Waals surface area contributed by atoms with Gasteiger partial charge < -0.3 is 14.2 Å². The van der Waals surface area contributed by atoms with Gasteiger partial charge in [0.2, 0.25) is 0 Å². The summed E-state index contributed by atoms with van der Waals surface area (Å²) in [4.78, 5) is 42.1. The average Bonchev–Trinajstić information content (AvgIpc) is 3.98. The van der Waals surface area contributed by atoms with E-state index < -0.39 is 0 Å². The molecule has 6 aromatic heterocycles. The zero-order chi connectivity index (χ0) is 38.5. The lowest BCUT2D eigenvalue weighted by Gasteiger charge is -2.16. The van der Waals surface area contributed by atoms with Gasteiger partial charge in [-0.2, -0.15) is 0 Å². The maximum atomic E-state index is 5.64. The van der Waals surface area contributed by atoms with E-state index in [-0.39, 0.29) is 0 Å². The van der Waals surface area contributed by atoms with Crippen molar-refractivity contribution in [3.05, 3.63) is 129 Å². The molecule has 0 aliphatic heterocycles. The van der Waals surface area contributed by atoms with Crippen LogP contribution in [0.5, 0.6) is 17.2 Å². The van der Waals surface area contributed by atoms with E-state index in [1.54, 1.807) is 39.9 Å². The van der Waals surface area contributed by atoms with Gasteiger partial charge in [-0.3, -0.25) is 13.7 Å². The van der Waals surface area contributed by atoms with Crippen LogP contribution in [0.15, 0.2) is 129 Å². The molecule has 0 radical (unpaired) electrons. The number of hydrogen-bond acceptors (Lipinski definition) is 12. The van der Waals surface area contributed by atoms with Crippen molar-refractivity contribution < 1.29 is 14.2 Å².